The average molecular weight is 221 g/mol. The standard InChI is InChI=1S/C11H13NO4/c1-8-3-2-4-9(5-8)12(6-10(13)14)7-11(15)16/h2-5H,6-7H2,1H3,(H,13,14)(H,15,16)/p-2. The number of carbonyl (C=O) groups excluding carboxylic acids is 2. The van der Waals surface area contributed by atoms with E-state index in [1.165, 1.54) is 4.90 Å². The van der Waals surface area contributed by atoms with Gasteiger partial charge in [-0.25, -0.2) is 0 Å². The number of hydrogen-bond acceptors (Lipinski definition) is 5. The summed E-state index contributed by atoms with van der Waals surface area (Å²) in [5, 5.41) is 21.0. The topological polar surface area (TPSA) is 83.5 Å². The highest BCUT2D eigenvalue weighted by Crippen LogP contribution is 2.14. The lowest BCUT2D eigenvalue weighted by molar-refractivity contribution is -0.304. The zero-order chi connectivity index (χ0) is 12.1. The molecule has 0 saturated carbocycles. The molecule has 0 aliphatic heterocycles. The molecule has 5 nitrogen and oxygen atoms in total. The van der Waals surface area contributed by atoms with Gasteiger partial charge in [0, 0.05) is 5.69 Å². The van der Waals surface area contributed by atoms with Crippen molar-refractivity contribution in [3.8, 4) is 0 Å². The summed E-state index contributed by atoms with van der Waals surface area (Å²) >= 11 is 0. The van der Waals surface area contributed by atoms with Crippen LogP contribution >= 0.6 is 0 Å². The van der Waals surface area contributed by atoms with Crippen LogP contribution in [0.5, 0.6) is 0 Å². The maximum Gasteiger partial charge on any atom is 0.0608 e. The van der Waals surface area contributed by atoms with Crippen LogP contribution in [0, 0.1) is 6.92 Å². The van der Waals surface area contributed by atoms with Gasteiger partial charge in [0.25, 0.3) is 0 Å². The van der Waals surface area contributed by atoms with Gasteiger partial charge in [0.1, 0.15) is 0 Å². The maximum atomic E-state index is 10.5. The molecule has 0 radical (unpaired) electrons. The van der Waals surface area contributed by atoms with Crippen molar-refractivity contribution >= 4 is 17.6 Å². The van der Waals surface area contributed by atoms with Crippen LogP contribution in [0.2, 0.25) is 0 Å². The third-order valence-electron chi connectivity index (χ3n) is 2.01. The minimum atomic E-state index is -1.33. The number of nitrogens with zero attached hydrogens (tertiary/aromatic N) is 1. The molecule has 1 rings (SSSR count). The monoisotopic (exact) mass is 221 g/mol. The quantitative estimate of drug-likeness (QED) is 0.592. The van der Waals surface area contributed by atoms with E-state index in [-0.39, 0.29) is 0 Å². The Hall–Kier alpha value is -2.04. The molecule has 0 atom stereocenters. The molecule has 0 amide bonds. The number of rotatable bonds is 5. The van der Waals surface area contributed by atoms with E-state index in [0.29, 0.717) is 5.69 Å². The number of hydrogen-bond donors (Lipinski definition) is 0. The Balaban J connectivity index is 2.90. The number of carboxylic acid groups (broad SMARTS) is 2. The van der Waals surface area contributed by atoms with Gasteiger partial charge in [0.2, 0.25) is 0 Å². The summed E-state index contributed by atoms with van der Waals surface area (Å²) in [6, 6.07) is 6.90. The van der Waals surface area contributed by atoms with Gasteiger partial charge in [-0.1, -0.05) is 12.1 Å². The van der Waals surface area contributed by atoms with E-state index in [2.05, 4.69) is 0 Å². The Morgan fingerprint density at radius 2 is 1.75 bits per heavy atom. The highest BCUT2D eigenvalue weighted by molar-refractivity contribution is 5.77. The van der Waals surface area contributed by atoms with Crippen LogP contribution in [0.15, 0.2) is 24.3 Å². The van der Waals surface area contributed by atoms with Crippen molar-refractivity contribution in [2.24, 2.45) is 0 Å². The third-order valence-corrected chi connectivity index (χ3v) is 2.01. The Labute approximate surface area is 92.9 Å². The van der Waals surface area contributed by atoms with Crippen LogP contribution in [0.25, 0.3) is 0 Å². The smallest absolute Gasteiger partial charge is 0.0608 e. The predicted octanol–water partition coefficient (Wildman–Crippen LogP) is -1.70. The molecule has 0 saturated heterocycles. The van der Waals surface area contributed by atoms with Crippen LogP contribution in [-0.2, 0) is 9.59 Å². The molecule has 0 spiro atoms. The number of aliphatic carboxylic acids is 2. The van der Waals surface area contributed by atoms with E-state index >= 15 is 0 Å². The highest BCUT2D eigenvalue weighted by atomic mass is 16.4. The first-order valence-corrected chi connectivity index (χ1v) is 4.70. The van der Waals surface area contributed by atoms with Gasteiger partial charge in [0.05, 0.1) is 25.0 Å². The number of aryl methyl sites for hydroxylation is 1. The van der Waals surface area contributed by atoms with Crippen molar-refractivity contribution in [3.63, 3.8) is 0 Å². The summed E-state index contributed by atoms with van der Waals surface area (Å²) in [6.07, 6.45) is 0. The molecule has 0 N–H and O–H groups in total. The van der Waals surface area contributed by atoms with E-state index in [4.69, 9.17) is 0 Å². The second-order valence-electron chi connectivity index (χ2n) is 3.44. The van der Waals surface area contributed by atoms with Crippen molar-refractivity contribution in [3.05, 3.63) is 29.8 Å². The summed E-state index contributed by atoms with van der Waals surface area (Å²) in [6.45, 7) is 0.884. The predicted molar refractivity (Wildman–Crippen MR) is 53.4 cm³/mol. The Morgan fingerprint density at radius 1 is 1.19 bits per heavy atom. The van der Waals surface area contributed by atoms with E-state index in [9.17, 15) is 19.8 Å². The maximum absolute atomic E-state index is 10.5. The van der Waals surface area contributed by atoms with Crippen LogP contribution in [0.3, 0.4) is 0 Å². The molecule has 0 unspecified atom stereocenters. The Morgan fingerprint density at radius 3 is 2.19 bits per heavy atom. The lowest BCUT2D eigenvalue weighted by atomic mass is 10.2. The van der Waals surface area contributed by atoms with Gasteiger partial charge in [-0.15, -0.1) is 0 Å². The average Bonchev–Trinajstić information content (AvgIpc) is 2.15. The minimum absolute atomic E-state index is 0.475. The first-order valence-electron chi connectivity index (χ1n) is 4.70. The molecule has 0 aliphatic carbocycles. The van der Waals surface area contributed by atoms with Crippen LogP contribution in [0.4, 0.5) is 5.69 Å². The van der Waals surface area contributed by atoms with E-state index in [0.717, 1.165) is 5.56 Å². The van der Waals surface area contributed by atoms with Gasteiger partial charge >= 0.3 is 0 Å². The van der Waals surface area contributed by atoms with Gasteiger partial charge < -0.3 is 24.7 Å². The van der Waals surface area contributed by atoms with Crippen LogP contribution < -0.4 is 15.1 Å². The Bertz CT molecular complexity index is 387. The van der Waals surface area contributed by atoms with Gasteiger partial charge in [0.15, 0.2) is 0 Å². The second kappa shape index (κ2) is 5.16. The van der Waals surface area contributed by atoms with Crippen LogP contribution in [0.1, 0.15) is 5.56 Å². The summed E-state index contributed by atoms with van der Waals surface area (Å²) in [7, 11) is 0. The van der Waals surface area contributed by atoms with Crippen LogP contribution in [-0.4, -0.2) is 25.0 Å². The third kappa shape index (κ3) is 3.61. The van der Waals surface area contributed by atoms with Crippen molar-refractivity contribution in [2.45, 2.75) is 6.92 Å². The fourth-order valence-corrected chi connectivity index (χ4v) is 1.37. The minimum Gasteiger partial charge on any atom is -0.548 e. The van der Waals surface area contributed by atoms with E-state index in [1.807, 2.05) is 13.0 Å². The molecular weight excluding hydrogens is 210 g/mol. The number of benzene rings is 1. The van der Waals surface area contributed by atoms with Crippen molar-refractivity contribution in [1.29, 1.82) is 0 Å². The lowest BCUT2D eigenvalue weighted by Crippen LogP contribution is -2.44. The fourth-order valence-electron chi connectivity index (χ4n) is 1.37. The van der Waals surface area contributed by atoms with Crippen molar-refractivity contribution in [1.82, 2.24) is 0 Å². The Kier molecular flexibility index (Phi) is 3.88. The number of carboxylic acids is 2. The van der Waals surface area contributed by atoms with E-state index < -0.39 is 25.0 Å². The van der Waals surface area contributed by atoms with Crippen molar-refractivity contribution < 1.29 is 19.8 Å². The summed E-state index contributed by atoms with van der Waals surface area (Å²) in [5.41, 5.74) is 1.44. The summed E-state index contributed by atoms with van der Waals surface area (Å²) in [5.74, 6) is -2.66. The molecule has 0 fully saturated rings. The lowest BCUT2D eigenvalue weighted by Gasteiger charge is -2.25. The van der Waals surface area contributed by atoms with E-state index in [1.54, 1.807) is 18.2 Å². The molecule has 1 aromatic rings. The van der Waals surface area contributed by atoms with Gasteiger partial charge in [-0.3, -0.25) is 0 Å². The first kappa shape index (κ1) is 12.0. The zero-order valence-corrected chi connectivity index (χ0v) is 8.80. The largest absolute Gasteiger partial charge is 0.548 e. The van der Waals surface area contributed by atoms with Crippen molar-refractivity contribution in [2.75, 3.05) is 18.0 Å². The SMILES string of the molecule is Cc1cccc(N(CC(=O)[O-])CC(=O)[O-])c1. The molecular formula is C11H11NO4-2. The molecule has 86 valence electrons. The fraction of sp³-hybridized carbons (Fsp3) is 0.273. The molecule has 1 aromatic carbocycles. The summed E-state index contributed by atoms with van der Waals surface area (Å²) in [4.78, 5) is 22.1. The molecule has 0 bridgehead atoms. The summed E-state index contributed by atoms with van der Waals surface area (Å²) < 4.78 is 0. The highest BCUT2D eigenvalue weighted by Gasteiger charge is 2.06. The molecule has 0 aromatic heterocycles. The number of carbonyl (C=O) groups is 2. The molecule has 16 heavy (non-hydrogen) atoms. The van der Waals surface area contributed by atoms with Gasteiger partial charge in [-0.2, -0.15) is 0 Å². The molecule has 5 heteroatoms. The first-order chi connectivity index (χ1) is 7.49. The molecule has 0 heterocycles. The molecule has 0 aliphatic rings. The van der Waals surface area contributed by atoms with Gasteiger partial charge in [-0.05, 0) is 24.6 Å². The normalized spacial score (nSPS) is 9.81. The second-order valence-corrected chi connectivity index (χ2v) is 3.44. The zero-order valence-electron chi connectivity index (χ0n) is 8.80. The number of anilines is 1.